The highest BCUT2D eigenvalue weighted by molar-refractivity contribution is 5.83. The van der Waals surface area contributed by atoms with Crippen LogP contribution in [0.4, 0.5) is 0 Å². The van der Waals surface area contributed by atoms with Crippen LogP contribution in [0.25, 0.3) is 0 Å². The van der Waals surface area contributed by atoms with Crippen molar-refractivity contribution >= 4 is 18.1 Å². The number of aliphatic carboxylic acids is 1. The van der Waals surface area contributed by atoms with Crippen molar-refractivity contribution < 1.29 is 14.7 Å². The zero-order valence-corrected chi connectivity index (χ0v) is 8.59. The summed E-state index contributed by atoms with van der Waals surface area (Å²) in [6, 6.07) is 9.27. The van der Waals surface area contributed by atoms with E-state index in [9.17, 15) is 9.59 Å². The molecule has 2 N–H and O–H groups in total. The minimum atomic E-state index is -0.998. The molecule has 0 heterocycles. The molecule has 0 spiro atoms. The summed E-state index contributed by atoms with van der Waals surface area (Å²) in [5.41, 5.74) is 3.12. The fourth-order valence-corrected chi connectivity index (χ4v) is 0.994. The molecule has 1 aromatic rings. The number of benzene rings is 1. The second-order valence-corrected chi connectivity index (χ2v) is 3.10. The first-order chi connectivity index (χ1) is 7.68. The summed E-state index contributed by atoms with van der Waals surface area (Å²) < 4.78 is 0. The van der Waals surface area contributed by atoms with E-state index in [0.717, 1.165) is 5.56 Å². The van der Waals surface area contributed by atoms with Gasteiger partial charge in [-0.1, -0.05) is 30.3 Å². The lowest BCUT2D eigenvalue weighted by molar-refractivity contribution is -0.138. The average molecular weight is 220 g/mol. The molecular weight excluding hydrogens is 208 g/mol. The zero-order valence-electron chi connectivity index (χ0n) is 8.59. The number of nitrogens with one attached hydrogen (secondary N) is 1. The lowest BCUT2D eigenvalue weighted by atomic mass is 10.2. The van der Waals surface area contributed by atoms with Gasteiger partial charge in [0.25, 0.3) is 0 Å². The summed E-state index contributed by atoms with van der Waals surface area (Å²) in [5.74, 6) is -1.41. The standard InChI is InChI=1S/C11H12N2O3/c14-10(6-7-11(15)16)13-12-8-9-4-2-1-3-5-9/h1-5,8H,6-7H2,(H,13,14)(H,15,16)/b12-8-. The number of hydrogen-bond donors (Lipinski definition) is 2. The largest absolute Gasteiger partial charge is 0.481 e. The van der Waals surface area contributed by atoms with Gasteiger partial charge >= 0.3 is 5.97 Å². The van der Waals surface area contributed by atoms with Gasteiger partial charge in [-0.05, 0) is 5.56 Å². The number of carbonyl (C=O) groups excluding carboxylic acids is 1. The van der Waals surface area contributed by atoms with Crippen molar-refractivity contribution in [1.29, 1.82) is 0 Å². The Bertz CT molecular complexity index is 387. The van der Waals surface area contributed by atoms with Gasteiger partial charge in [0.15, 0.2) is 0 Å². The molecule has 0 aromatic heterocycles. The molecule has 1 aromatic carbocycles. The van der Waals surface area contributed by atoms with E-state index >= 15 is 0 Å². The van der Waals surface area contributed by atoms with Gasteiger partial charge in [0, 0.05) is 6.42 Å². The smallest absolute Gasteiger partial charge is 0.303 e. The predicted octanol–water partition coefficient (Wildman–Crippen LogP) is 1.00. The first-order valence-electron chi connectivity index (χ1n) is 4.77. The first kappa shape index (κ1) is 11.9. The van der Waals surface area contributed by atoms with Crippen LogP contribution in [0.1, 0.15) is 18.4 Å². The number of rotatable bonds is 5. The van der Waals surface area contributed by atoms with Crippen LogP contribution in [0.5, 0.6) is 0 Å². The Morgan fingerprint density at radius 3 is 2.56 bits per heavy atom. The van der Waals surface area contributed by atoms with Crippen molar-refractivity contribution in [2.75, 3.05) is 0 Å². The van der Waals surface area contributed by atoms with Gasteiger partial charge in [-0.3, -0.25) is 9.59 Å². The van der Waals surface area contributed by atoms with Crippen LogP contribution in [0.2, 0.25) is 0 Å². The van der Waals surface area contributed by atoms with E-state index in [-0.39, 0.29) is 12.8 Å². The van der Waals surface area contributed by atoms with Crippen molar-refractivity contribution in [3.63, 3.8) is 0 Å². The normalized spacial score (nSPS) is 10.2. The van der Waals surface area contributed by atoms with Crippen molar-refractivity contribution in [1.82, 2.24) is 5.43 Å². The molecule has 0 fully saturated rings. The monoisotopic (exact) mass is 220 g/mol. The quantitative estimate of drug-likeness (QED) is 0.574. The van der Waals surface area contributed by atoms with Gasteiger partial charge in [0.05, 0.1) is 12.6 Å². The molecule has 0 unspecified atom stereocenters. The summed E-state index contributed by atoms with van der Waals surface area (Å²) in [4.78, 5) is 21.2. The summed E-state index contributed by atoms with van der Waals surface area (Å²) in [6.07, 6.45) is 1.24. The summed E-state index contributed by atoms with van der Waals surface area (Å²) in [5, 5.41) is 12.0. The van der Waals surface area contributed by atoms with Crippen molar-refractivity contribution in [2.24, 2.45) is 5.10 Å². The van der Waals surface area contributed by atoms with E-state index in [0.29, 0.717) is 0 Å². The highest BCUT2D eigenvalue weighted by atomic mass is 16.4. The highest BCUT2D eigenvalue weighted by Crippen LogP contribution is 1.93. The molecular formula is C11H12N2O3. The second kappa shape index (κ2) is 6.34. The Hall–Kier alpha value is -2.17. The molecule has 0 saturated heterocycles. The Balaban J connectivity index is 2.32. The molecule has 5 heteroatoms. The maximum absolute atomic E-state index is 11.0. The van der Waals surface area contributed by atoms with Crippen molar-refractivity contribution in [3.05, 3.63) is 35.9 Å². The van der Waals surface area contributed by atoms with Crippen LogP contribution in [-0.4, -0.2) is 23.2 Å². The molecule has 1 rings (SSSR count). The van der Waals surface area contributed by atoms with Crippen molar-refractivity contribution in [3.8, 4) is 0 Å². The van der Waals surface area contributed by atoms with Gasteiger partial charge in [-0.15, -0.1) is 0 Å². The molecule has 0 atom stereocenters. The average Bonchev–Trinajstić information content (AvgIpc) is 2.28. The SMILES string of the molecule is O=C(O)CCC(=O)N/N=C\c1ccccc1. The van der Waals surface area contributed by atoms with Crippen LogP contribution in [0.3, 0.4) is 0 Å². The maximum atomic E-state index is 11.0. The maximum Gasteiger partial charge on any atom is 0.303 e. The van der Waals surface area contributed by atoms with E-state index in [1.54, 1.807) is 0 Å². The lowest BCUT2D eigenvalue weighted by Gasteiger charge is -1.96. The lowest BCUT2D eigenvalue weighted by Crippen LogP contribution is -2.18. The van der Waals surface area contributed by atoms with Gasteiger partial charge < -0.3 is 5.11 Å². The van der Waals surface area contributed by atoms with E-state index in [2.05, 4.69) is 10.5 Å². The predicted molar refractivity (Wildman–Crippen MR) is 59.0 cm³/mol. The van der Waals surface area contributed by atoms with E-state index in [1.165, 1.54) is 6.21 Å². The van der Waals surface area contributed by atoms with Gasteiger partial charge in [-0.2, -0.15) is 5.10 Å². The number of amides is 1. The third-order valence-electron chi connectivity index (χ3n) is 1.77. The fraction of sp³-hybridized carbons (Fsp3) is 0.182. The van der Waals surface area contributed by atoms with Crippen LogP contribution < -0.4 is 5.43 Å². The van der Waals surface area contributed by atoms with Gasteiger partial charge in [-0.25, -0.2) is 5.43 Å². The first-order valence-corrected chi connectivity index (χ1v) is 4.77. The number of nitrogens with zero attached hydrogens (tertiary/aromatic N) is 1. The Kier molecular flexibility index (Phi) is 4.72. The number of carboxylic acids is 1. The minimum Gasteiger partial charge on any atom is -0.481 e. The van der Waals surface area contributed by atoms with Crippen LogP contribution >= 0.6 is 0 Å². The van der Waals surface area contributed by atoms with E-state index in [4.69, 9.17) is 5.11 Å². The van der Waals surface area contributed by atoms with Crippen LogP contribution in [0.15, 0.2) is 35.4 Å². The fourth-order valence-electron chi connectivity index (χ4n) is 0.994. The molecule has 0 radical (unpaired) electrons. The molecule has 0 aliphatic heterocycles. The second-order valence-electron chi connectivity index (χ2n) is 3.10. The van der Waals surface area contributed by atoms with Crippen LogP contribution in [-0.2, 0) is 9.59 Å². The van der Waals surface area contributed by atoms with Gasteiger partial charge in [0.1, 0.15) is 0 Å². The number of hydrogen-bond acceptors (Lipinski definition) is 3. The van der Waals surface area contributed by atoms with Crippen molar-refractivity contribution in [2.45, 2.75) is 12.8 Å². The van der Waals surface area contributed by atoms with Gasteiger partial charge in [0.2, 0.25) is 5.91 Å². The molecule has 84 valence electrons. The summed E-state index contributed by atoms with van der Waals surface area (Å²) in [7, 11) is 0. The summed E-state index contributed by atoms with van der Waals surface area (Å²) >= 11 is 0. The molecule has 5 nitrogen and oxygen atoms in total. The minimum absolute atomic E-state index is 0.0680. The number of carbonyl (C=O) groups is 2. The Morgan fingerprint density at radius 2 is 1.94 bits per heavy atom. The number of hydrazone groups is 1. The van der Waals surface area contributed by atoms with Crippen LogP contribution in [0, 0.1) is 0 Å². The molecule has 0 bridgehead atoms. The molecule has 0 aliphatic carbocycles. The third-order valence-corrected chi connectivity index (χ3v) is 1.77. The van der Waals surface area contributed by atoms with E-state index in [1.807, 2.05) is 30.3 Å². The topological polar surface area (TPSA) is 78.8 Å². The highest BCUT2D eigenvalue weighted by Gasteiger charge is 2.03. The molecule has 0 saturated carbocycles. The molecule has 1 amide bonds. The molecule has 16 heavy (non-hydrogen) atoms. The summed E-state index contributed by atoms with van der Waals surface area (Å²) in [6.45, 7) is 0. The zero-order chi connectivity index (χ0) is 11.8. The Morgan fingerprint density at radius 1 is 1.25 bits per heavy atom. The molecule has 0 aliphatic rings. The van der Waals surface area contributed by atoms with E-state index < -0.39 is 11.9 Å². The Labute approximate surface area is 92.8 Å². The number of carboxylic acid groups (broad SMARTS) is 1. The third kappa shape index (κ3) is 4.90.